The Hall–Kier alpha value is -1.88. The summed E-state index contributed by atoms with van der Waals surface area (Å²) in [4.78, 5) is 8.46. The maximum absolute atomic E-state index is 14.1. The van der Waals surface area contributed by atoms with Crippen molar-refractivity contribution in [3.05, 3.63) is 45.8 Å². The largest absolute Gasteiger partial charge is 0.485 e. The fraction of sp³-hybridized carbons (Fsp3) is 0.312. The summed E-state index contributed by atoms with van der Waals surface area (Å²) in [6.45, 7) is 6.48. The molecule has 5 heteroatoms. The Bertz CT molecular complexity index is 776. The summed E-state index contributed by atoms with van der Waals surface area (Å²) >= 11 is 1.56. The van der Waals surface area contributed by atoms with Crippen LogP contribution < -0.4 is 4.74 Å². The lowest BCUT2D eigenvalue weighted by Gasteiger charge is -2.05. The number of aromatic amines is 1. The molecule has 3 rings (SSSR count). The fourth-order valence-electron chi connectivity index (χ4n) is 2.20. The molecule has 1 N–H and O–H groups in total. The van der Waals surface area contributed by atoms with Gasteiger partial charge < -0.3 is 9.72 Å². The summed E-state index contributed by atoms with van der Waals surface area (Å²) in [7, 11) is 0. The number of aryl methyl sites for hydroxylation is 1. The van der Waals surface area contributed by atoms with E-state index in [-0.39, 0.29) is 11.6 Å². The van der Waals surface area contributed by atoms with Crippen molar-refractivity contribution < 1.29 is 9.13 Å². The summed E-state index contributed by atoms with van der Waals surface area (Å²) in [5.74, 6) is 0.314. The molecule has 0 aliphatic carbocycles. The second-order valence-electron chi connectivity index (χ2n) is 5.38. The van der Waals surface area contributed by atoms with Gasteiger partial charge in [0.2, 0.25) is 0 Å². The third kappa shape index (κ3) is 2.93. The number of H-pyrrole nitrogens is 1. The van der Waals surface area contributed by atoms with E-state index in [1.807, 2.05) is 13.0 Å². The van der Waals surface area contributed by atoms with E-state index >= 15 is 0 Å². The predicted octanol–water partition coefficient (Wildman–Crippen LogP) is 4.77. The Morgan fingerprint density at radius 2 is 2.14 bits per heavy atom. The zero-order valence-corrected chi connectivity index (χ0v) is 13.1. The number of nitrogens with one attached hydrogen (secondary N) is 1. The molecule has 0 unspecified atom stereocenters. The maximum atomic E-state index is 14.1. The number of ether oxygens (including phenoxy) is 1. The first-order valence-electron chi connectivity index (χ1n) is 6.89. The molecule has 0 aliphatic rings. The minimum atomic E-state index is -0.335. The number of benzene rings is 1. The highest BCUT2D eigenvalue weighted by atomic mass is 32.1. The molecular formula is C16H17FN2OS. The molecule has 1 aromatic carbocycles. The predicted molar refractivity (Wildman–Crippen MR) is 83.5 cm³/mol. The van der Waals surface area contributed by atoms with E-state index in [1.54, 1.807) is 23.6 Å². The molecule has 3 aromatic rings. The Balaban J connectivity index is 1.86. The van der Waals surface area contributed by atoms with Crippen LogP contribution in [0.4, 0.5) is 4.39 Å². The van der Waals surface area contributed by atoms with Crippen LogP contribution in [0.1, 0.15) is 35.3 Å². The van der Waals surface area contributed by atoms with E-state index in [0.29, 0.717) is 12.5 Å². The summed E-state index contributed by atoms with van der Waals surface area (Å²) in [6, 6.07) is 5.23. The van der Waals surface area contributed by atoms with Crippen LogP contribution in [0.15, 0.2) is 24.4 Å². The minimum Gasteiger partial charge on any atom is -0.485 e. The number of hydrogen-bond acceptors (Lipinski definition) is 3. The van der Waals surface area contributed by atoms with Gasteiger partial charge in [-0.2, -0.15) is 0 Å². The van der Waals surface area contributed by atoms with Crippen LogP contribution in [-0.4, -0.2) is 9.97 Å². The van der Waals surface area contributed by atoms with Crippen molar-refractivity contribution in [3.63, 3.8) is 0 Å². The molecule has 0 atom stereocenters. The van der Waals surface area contributed by atoms with Crippen LogP contribution in [0.25, 0.3) is 10.9 Å². The van der Waals surface area contributed by atoms with Gasteiger partial charge in [-0.1, -0.05) is 13.8 Å². The molecule has 0 amide bonds. The van der Waals surface area contributed by atoms with Gasteiger partial charge in [-0.05, 0) is 25.0 Å². The molecule has 3 nitrogen and oxygen atoms in total. The highest BCUT2D eigenvalue weighted by Gasteiger charge is 2.11. The van der Waals surface area contributed by atoms with Crippen molar-refractivity contribution >= 4 is 22.2 Å². The molecule has 0 saturated carbocycles. The zero-order valence-electron chi connectivity index (χ0n) is 12.2. The van der Waals surface area contributed by atoms with Gasteiger partial charge in [0.25, 0.3) is 0 Å². The van der Waals surface area contributed by atoms with Crippen molar-refractivity contribution in [2.24, 2.45) is 0 Å². The van der Waals surface area contributed by atoms with Crippen LogP contribution in [0.2, 0.25) is 0 Å². The number of aromatic nitrogens is 2. The van der Waals surface area contributed by atoms with Gasteiger partial charge in [-0.15, -0.1) is 11.3 Å². The SMILES string of the molecule is Cc1ncc(COc2cc3[nH]c(C(C)C)cc3cc2F)s1. The first-order valence-corrected chi connectivity index (χ1v) is 7.71. The van der Waals surface area contributed by atoms with Gasteiger partial charge in [-0.3, -0.25) is 0 Å². The van der Waals surface area contributed by atoms with E-state index in [4.69, 9.17) is 4.74 Å². The van der Waals surface area contributed by atoms with E-state index in [2.05, 4.69) is 23.8 Å². The maximum Gasteiger partial charge on any atom is 0.165 e. The van der Waals surface area contributed by atoms with E-state index in [9.17, 15) is 4.39 Å². The van der Waals surface area contributed by atoms with Crippen LogP contribution in [-0.2, 0) is 6.61 Å². The average Bonchev–Trinajstić information content (AvgIpc) is 3.02. The molecule has 0 radical (unpaired) electrons. The Labute approximate surface area is 126 Å². The molecule has 0 aliphatic heterocycles. The smallest absolute Gasteiger partial charge is 0.165 e. The molecule has 0 saturated heterocycles. The third-order valence-corrected chi connectivity index (χ3v) is 4.24. The zero-order chi connectivity index (χ0) is 15.0. The third-order valence-electron chi connectivity index (χ3n) is 3.36. The van der Waals surface area contributed by atoms with Gasteiger partial charge in [0.15, 0.2) is 11.6 Å². The monoisotopic (exact) mass is 304 g/mol. The molecule has 2 aromatic heterocycles. The van der Waals surface area contributed by atoms with E-state index < -0.39 is 0 Å². The van der Waals surface area contributed by atoms with Crippen LogP contribution in [0, 0.1) is 12.7 Å². The number of fused-ring (bicyclic) bond motifs is 1. The Morgan fingerprint density at radius 1 is 1.33 bits per heavy atom. The molecule has 0 fully saturated rings. The number of nitrogens with zero attached hydrogens (tertiary/aromatic N) is 1. The molecule has 0 bridgehead atoms. The topological polar surface area (TPSA) is 37.9 Å². The molecule has 21 heavy (non-hydrogen) atoms. The minimum absolute atomic E-state index is 0.269. The first-order chi connectivity index (χ1) is 10.0. The van der Waals surface area contributed by atoms with Crippen LogP contribution >= 0.6 is 11.3 Å². The quantitative estimate of drug-likeness (QED) is 0.753. The summed E-state index contributed by atoms with van der Waals surface area (Å²) in [6.07, 6.45) is 1.77. The van der Waals surface area contributed by atoms with Gasteiger partial charge in [0, 0.05) is 28.9 Å². The Kier molecular flexibility index (Phi) is 3.68. The van der Waals surface area contributed by atoms with Crippen molar-refractivity contribution in [3.8, 4) is 5.75 Å². The summed E-state index contributed by atoms with van der Waals surface area (Å²) in [5, 5.41) is 1.85. The molecule has 0 spiro atoms. The number of thiazole rings is 1. The van der Waals surface area contributed by atoms with Crippen molar-refractivity contribution in [1.29, 1.82) is 0 Å². The lowest BCUT2D eigenvalue weighted by molar-refractivity contribution is 0.294. The van der Waals surface area contributed by atoms with Crippen LogP contribution in [0.3, 0.4) is 0 Å². The number of rotatable bonds is 4. The van der Waals surface area contributed by atoms with Gasteiger partial charge in [0.1, 0.15) is 6.61 Å². The second kappa shape index (κ2) is 5.48. The number of hydrogen-bond donors (Lipinski definition) is 1. The van der Waals surface area contributed by atoms with Crippen molar-refractivity contribution in [2.75, 3.05) is 0 Å². The average molecular weight is 304 g/mol. The fourth-order valence-corrected chi connectivity index (χ4v) is 2.91. The lowest BCUT2D eigenvalue weighted by Crippen LogP contribution is -1.95. The molecular weight excluding hydrogens is 287 g/mol. The molecule has 2 heterocycles. The van der Waals surface area contributed by atoms with E-state index in [1.165, 1.54) is 6.07 Å². The van der Waals surface area contributed by atoms with Crippen molar-refractivity contribution in [1.82, 2.24) is 9.97 Å². The number of halogens is 1. The van der Waals surface area contributed by atoms with Gasteiger partial charge in [0.05, 0.1) is 9.88 Å². The van der Waals surface area contributed by atoms with Gasteiger partial charge in [-0.25, -0.2) is 9.37 Å². The normalized spacial score (nSPS) is 11.5. The van der Waals surface area contributed by atoms with Crippen molar-refractivity contribution in [2.45, 2.75) is 33.3 Å². The lowest BCUT2D eigenvalue weighted by atomic mass is 10.1. The standard InChI is InChI=1S/C16H17FN2OS/c1-9(2)14-5-11-4-13(17)16(6-15(11)19-14)20-8-12-7-18-10(3)21-12/h4-7,9,19H,8H2,1-3H3. The highest BCUT2D eigenvalue weighted by Crippen LogP contribution is 2.28. The highest BCUT2D eigenvalue weighted by molar-refractivity contribution is 7.11. The second-order valence-corrected chi connectivity index (χ2v) is 6.70. The molecule has 110 valence electrons. The first kappa shape index (κ1) is 14.1. The summed E-state index contributed by atoms with van der Waals surface area (Å²) in [5.41, 5.74) is 2.00. The van der Waals surface area contributed by atoms with Crippen LogP contribution in [0.5, 0.6) is 5.75 Å². The summed E-state index contributed by atoms with van der Waals surface area (Å²) < 4.78 is 19.7. The van der Waals surface area contributed by atoms with Gasteiger partial charge >= 0.3 is 0 Å². The van der Waals surface area contributed by atoms with E-state index in [0.717, 1.165) is 26.5 Å². The Morgan fingerprint density at radius 3 is 2.81 bits per heavy atom.